The van der Waals surface area contributed by atoms with E-state index in [2.05, 4.69) is 4.98 Å². The van der Waals surface area contributed by atoms with Crippen molar-refractivity contribution in [2.45, 2.75) is 0 Å². The van der Waals surface area contributed by atoms with Crippen LogP contribution in [0, 0.1) is 0 Å². The first kappa shape index (κ1) is 11.9. The number of hydrogen-bond donors (Lipinski definition) is 1. The smallest absolute Gasteiger partial charge is 0.251 e. The van der Waals surface area contributed by atoms with E-state index in [-0.39, 0.29) is 15.6 Å². The molecule has 1 aromatic heterocycles. The van der Waals surface area contributed by atoms with Gasteiger partial charge in [0.05, 0.1) is 15.6 Å². The van der Waals surface area contributed by atoms with Crippen LogP contribution in [0.15, 0.2) is 36.7 Å². The maximum atomic E-state index is 11.1. The highest BCUT2D eigenvalue weighted by Crippen LogP contribution is 2.31. The van der Waals surface area contributed by atoms with Crippen LogP contribution >= 0.6 is 23.2 Å². The minimum absolute atomic E-state index is 0.145. The summed E-state index contributed by atoms with van der Waals surface area (Å²) in [7, 11) is 0. The van der Waals surface area contributed by atoms with Gasteiger partial charge in [-0.05, 0) is 35.4 Å². The summed E-state index contributed by atoms with van der Waals surface area (Å²) in [4.78, 5) is 15.1. The highest BCUT2D eigenvalue weighted by atomic mass is 35.5. The normalized spacial score (nSPS) is 10.2. The van der Waals surface area contributed by atoms with Crippen LogP contribution in [-0.2, 0) is 0 Å². The minimum Gasteiger partial charge on any atom is -0.366 e. The van der Waals surface area contributed by atoms with Crippen LogP contribution in [0.5, 0.6) is 0 Å². The Morgan fingerprint density at radius 1 is 1.06 bits per heavy atom. The molecule has 0 aliphatic rings. The highest BCUT2D eigenvalue weighted by molar-refractivity contribution is 6.40. The van der Waals surface area contributed by atoms with E-state index in [4.69, 9.17) is 28.9 Å². The third-order valence-corrected chi connectivity index (χ3v) is 2.90. The lowest BCUT2D eigenvalue weighted by molar-refractivity contribution is 0.100. The first-order chi connectivity index (χ1) is 8.09. The molecule has 0 aliphatic carbocycles. The van der Waals surface area contributed by atoms with E-state index in [9.17, 15) is 4.79 Å². The molecule has 1 heterocycles. The molecule has 1 amide bonds. The number of carbonyl (C=O) groups is 1. The number of halogens is 2. The number of benzene rings is 1. The zero-order valence-corrected chi connectivity index (χ0v) is 10.2. The van der Waals surface area contributed by atoms with Crippen LogP contribution in [0.25, 0.3) is 11.1 Å². The van der Waals surface area contributed by atoms with E-state index in [1.165, 1.54) is 0 Å². The van der Waals surface area contributed by atoms with Crippen LogP contribution in [0.3, 0.4) is 0 Å². The Hall–Kier alpha value is -1.58. The van der Waals surface area contributed by atoms with Crippen molar-refractivity contribution < 1.29 is 4.79 Å². The topological polar surface area (TPSA) is 56.0 Å². The van der Waals surface area contributed by atoms with Gasteiger partial charge in [-0.15, -0.1) is 0 Å². The third kappa shape index (κ3) is 2.40. The standard InChI is InChI=1S/C12H8Cl2N2O/c13-9-5-8(7-1-3-16-4-2-7)6-10(14)11(9)12(15)17/h1-6H,(H2,15,17). The van der Waals surface area contributed by atoms with Crippen molar-refractivity contribution in [1.82, 2.24) is 4.98 Å². The number of nitrogens with two attached hydrogens (primary N) is 1. The number of aromatic nitrogens is 1. The number of nitrogens with zero attached hydrogens (tertiary/aromatic N) is 1. The molecule has 5 heteroatoms. The lowest BCUT2D eigenvalue weighted by Crippen LogP contribution is -2.12. The Morgan fingerprint density at radius 3 is 2.06 bits per heavy atom. The molecule has 0 atom stereocenters. The monoisotopic (exact) mass is 266 g/mol. The maximum Gasteiger partial charge on any atom is 0.251 e. The summed E-state index contributed by atoms with van der Waals surface area (Å²) in [6.07, 6.45) is 3.33. The Kier molecular flexibility index (Phi) is 3.31. The van der Waals surface area contributed by atoms with E-state index < -0.39 is 5.91 Å². The second kappa shape index (κ2) is 4.73. The summed E-state index contributed by atoms with van der Waals surface area (Å²) < 4.78 is 0. The molecule has 0 unspecified atom stereocenters. The fraction of sp³-hybridized carbons (Fsp3) is 0. The Morgan fingerprint density at radius 2 is 1.59 bits per heavy atom. The maximum absolute atomic E-state index is 11.1. The molecule has 0 fully saturated rings. The Labute approximate surface area is 108 Å². The van der Waals surface area contributed by atoms with Gasteiger partial charge in [0.1, 0.15) is 0 Å². The molecular formula is C12H8Cl2N2O. The summed E-state index contributed by atoms with van der Waals surface area (Å²) in [6.45, 7) is 0. The minimum atomic E-state index is -0.638. The van der Waals surface area contributed by atoms with Gasteiger partial charge in [-0.25, -0.2) is 0 Å². The van der Waals surface area contributed by atoms with Crippen molar-refractivity contribution in [3.05, 3.63) is 52.3 Å². The van der Waals surface area contributed by atoms with E-state index in [0.29, 0.717) is 0 Å². The fourth-order valence-corrected chi connectivity index (χ4v) is 2.19. The van der Waals surface area contributed by atoms with Gasteiger partial charge in [0, 0.05) is 12.4 Å². The second-order valence-electron chi connectivity index (χ2n) is 3.42. The van der Waals surface area contributed by atoms with E-state index in [1.807, 2.05) is 12.1 Å². The molecule has 0 spiro atoms. The Balaban J connectivity index is 2.57. The van der Waals surface area contributed by atoms with Crippen LogP contribution in [0.1, 0.15) is 10.4 Å². The summed E-state index contributed by atoms with van der Waals surface area (Å²) in [5, 5.41) is 0.494. The summed E-state index contributed by atoms with van der Waals surface area (Å²) in [6, 6.07) is 6.96. The van der Waals surface area contributed by atoms with E-state index in [1.54, 1.807) is 24.5 Å². The van der Waals surface area contributed by atoms with E-state index in [0.717, 1.165) is 11.1 Å². The van der Waals surface area contributed by atoms with Gasteiger partial charge in [-0.3, -0.25) is 9.78 Å². The molecule has 17 heavy (non-hydrogen) atoms. The van der Waals surface area contributed by atoms with Crippen molar-refractivity contribution in [2.75, 3.05) is 0 Å². The predicted octanol–water partition coefficient (Wildman–Crippen LogP) is 3.15. The molecule has 0 saturated heterocycles. The summed E-state index contributed by atoms with van der Waals surface area (Å²) in [5.74, 6) is -0.638. The van der Waals surface area contributed by atoms with Crippen molar-refractivity contribution in [2.24, 2.45) is 5.73 Å². The van der Waals surface area contributed by atoms with Gasteiger partial charge in [0.25, 0.3) is 5.91 Å². The zero-order chi connectivity index (χ0) is 12.4. The second-order valence-corrected chi connectivity index (χ2v) is 4.23. The lowest BCUT2D eigenvalue weighted by atomic mass is 10.0. The average molecular weight is 267 g/mol. The van der Waals surface area contributed by atoms with Crippen molar-refractivity contribution >= 4 is 29.1 Å². The van der Waals surface area contributed by atoms with Crippen molar-refractivity contribution in [3.8, 4) is 11.1 Å². The largest absolute Gasteiger partial charge is 0.366 e. The molecule has 1 aromatic carbocycles. The third-order valence-electron chi connectivity index (χ3n) is 2.30. The number of primary amides is 1. The number of hydrogen-bond acceptors (Lipinski definition) is 2. The zero-order valence-electron chi connectivity index (χ0n) is 8.65. The molecular weight excluding hydrogens is 259 g/mol. The van der Waals surface area contributed by atoms with Crippen molar-refractivity contribution in [1.29, 1.82) is 0 Å². The number of rotatable bonds is 2. The summed E-state index contributed by atoms with van der Waals surface area (Å²) >= 11 is 12.0. The Bertz CT molecular complexity index is 547. The molecule has 0 bridgehead atoms. The predicted molar refractivity (Wildman–Crippen MR) is 68.2 cm³/mol. The van der Waals surface area contributed by atoms with Gasteiger partial charge < -0.3 is 5.73 Å². The number of carbonyl (C=O) groups excluding carboxylic acids is 1. The first-order valence-electron chi connectivity index (χ1n) is 4.79. The lowest BCUT2D eigenvalue weighted by Gasteiger charge is -2.07. The SMILES string of the molecule is NC(=O)c1c(Cl)cc(-c2ccncc2)cc1Cl. The molecule has 86 valence electrons. The summed E-state index contributed by atoms with van der Waals surface area (Å²) in [5.41, 5.74) is 7.06. The molecule has 2 N–H and O–H groups in total. The fourth-order valence-electron chi connectivity index (χ4n) is 1.52. The van der Waals surface area contributed by atoms with Crippen LogP contribution in [0.4, 0.5) is 0 Å². The van der Waals surface area contributed by atoms with Gasteiger partial charge in [-0.2, -0.15) is 0 Å². The molecule has 3 nitrogen and oxygen atoms in total. The highest BCUT2D eigenvalue weighted by Gasteiger charge is 2.13. The molecule has 0 saturated carbocycles. The van der Waals surface area contributed by atoms with Gasteiger partial charge in [0.2, 0.25) is 0 Å². The molecule has 0 radical (unpaired) electrons. The van der Waals surface area contributed by atoms with Gasteiger partial charge >= 0.3 is 0 Å². The molecule has 0 aliphatic heterocycles. The van der Waals surface area contributed by atoms with Crippen LogP contribution in [0.2, 0.25) is 10.0 Å². The van der Waals surface area contributed by atoms with Crippen LogP contribution in [-0.4, -0.2) is 10.9 Å². The van der Waals surface area contributed by atoms with Crippen LogP contribution < -0.4 is 5.73 Å². The molecule has 2 aromatic rings. The van der Waals surface area contributed by atoms with Gasteiger partial charge in [0.15, 0.2) is 0 Å². The average Bonchev–Trinajstić information content (AvgIpc) is 2.28. The van der Waals surface area contributed by atoms with Crippen molar-refractivity contribution in [3.63, 3.8) is 0 Å². The first-order valence-corrected chi connectivity index (χ1v) is 5.54. The van der Waals surface area contributed by atoms with Gasteiger partial charge in [-0.1, -0.05) is 23.2 Å². The number of pyridine rings is 1. The number of amides is 1. The quantitative estimate of drug-likeness (QED) is 0.908. The molecule has 2 rings (SSSR count). The van der Waals surface area contributed by atoms with E-state index >= 15 is 0 Å².